The average Bonchev–Trinajstić information content (AvgIpc) is 2.07. The Labute approximate surface area is 84.0 Å². The molecule has 0 aromatic heterocycles. The number of hydrogen-bond donors (Lipinski definition) is 2. The lowest BCUT2D eigenvalue weighted by Crippen LogP contribution is -2.04. The maximum Gasteiger partial charge on any atom is 0.241 e. The summed E-state index contributed by atoms with van der Waals surface area (Å²) in [7, 11) is 0. The van der Waals surface area contributed by atoms with Crippen molar-refractivity contribution in [1.29, 1.82) is 0 Å². The Bertz CT molecular complexity index is 361. The Morgan fingerprint density at radius 3 is 2.77 bits per heavy atom. The van der Waals surface area contributed by atoms with Crippen LogP contribution in [0.5, 0.6) is 5.75 Å². The molecule has 1 rings (SSSR count). The number of nitrogens with two attached hydrogens (primary N) is 1. The van der Waals surface area contributed by atoms with Crippen LogP contribution < -0.4 is 5.73 Å². The highest BCUT2D eigenvalue weighted by Gasteiger charge is 1.96. The molecule has 0 bridgehead atoms. The number of benzene rings is 1. The molecule has 0 spiro atoms. The SMILES string of the molecule is NC(=O)/C=C/c1ccc(O)c(Br)c1. The highest BCUT2D eigenvalue weighted by molar-refractivity contribution is 9.10. The van der Waals surface area contributed by atoms with E-state index in [1.54, 1.807) is 18.2 Å². The van der Waals surface area contributed by atoms with E-state index < -0.39 is 5.91 Å². The Balaban J connectivity index is 2.92. The normalized spacial score (nSPS) is 10.5. The molecular weight excluding hydrogens is 234 g/mol. The van der Waals surface area contributed by atoms with Crippen molar-refractivity contribution in [2.75, 3.05) is 0 Å². The standard InChI is InChI=1S/C9H8BrNO2/c10-7-5-6(1-3-8(7)12)2-4-9(11)13/h1-5,12H,(H2,11,13)/b4-2+. The molecule has 0 radical (unpaired) electrons. The number of halogens is 1. The van der Waals surface area contributed by atoms with Gasteiger partial charge in [-0.05, 0) is 39.7 Å². The van der Waals surface area contributed by atoms with Crippen LogP contribution in [0.4, 0.5) is 0 Å². The van der Waals surface area contributed by atoms with E-state index in [2.05, 4.69) is 15.9 Å². The largest absolute Gasteiger partial charge is 0.507 e. The van der Waals surface area contributed by atoms with Crippen LogP contribution in [0.3, 0.4) is 0 Å². The van der Waals surface area contributed by atoms with Crippen LogP contribution in [0.1, 0.15) is 5.56 Å². The Morgan fingerprint density at radius 2 is 2.23 bits per heavy atom. The quantitative estimate of drug-likeness (QED) is 0.774. The molecule has 0 aliphatic carbocycles. The zero-order valence-electron chi connectivity index (χ0n) is 6.70. The van der Waals surface area contributed by atoms with Crippen LogP contribution in [-0.4, -0.2) is 11.0 Å². The minimum Gasteiger partial charge on any atom is -0.507 e. The lowest BCUT2D eigenvalue weighted by Gasteiger charge is -1.97. The van der Waals surface area contributed by atoms with Gasteiger partial charge in [-0.25, -0.2) is 0 Å². The van der Waals surface area contributed by atoms with E-state index in [0.717, 1.165) is 5.56 Å². The van der Waals surface area contributed by atoms with E-state index in [1.807, 2.05) is 0 Å². The molecule has 1 aromatic rings. The van der Waals surface area contributed by atoms with E-state index in [9.17, 15) is 4.79 Å². The number of amides is 1. The summed E-state index contributed by atoms with van der Waals surface area (Å²) in [6.45, 7) is 0. The number of rotatable bonds is 2. The fourth-order valence-electron chi connectivity index (χ4n) is 0.805. The number of carbonyl (C=O) groups is 1. The van der Waals surface area contributed by atoms with Crippen LogP contribution in [0.15, 0.2) is 28.7 Å². The predicted octanol–water partition coefficient (Wildman–Crippen LogP) is 1.65. The van der Waals surface area contributed by atoms with Crippen molar-refractivity contribution in [1.82, 2.24) is 0 Å². The molecule has 1 amide bonds. The minimum absolute atomic E-state index is 0.163. The highest BCUT2D eigenvalue weighted by atomic mass is 79.9. The monoisotopic (exact) mass is 241 g/mol. The lowest BCUT2D eigenvalue weighted by atomic mass is 10.2. The molecule has 0 saturated heterocycles. The van der Waals surface area contributed by atoms with Gasteiger partial charge in [0.15, 0.2) is 0 Å². The van der Waals surface area contributed by atoms with Gasteiger partial charge in [0, 0.05) is 6.08 Å². The summed E-state index contributed by atoms with van der Waals surface area (Å²) in [5.41, 5.74) is 5.72. The second-order valence-corrected chi connectivity index (χ2v) is 3.30. The number of primary amides is 1. The molecule has 0 aliphatic rings. The number of aromatic hydroxyl groups is 1. The molecule has 0 saturated carbocycles. The van der Waals surface area contributed by atoms with E-state index in [1.165, 1.54) is 12.1 Å². The third-order valence-electron chi connectivity index (χ3n) is 1.41. The molecule has 68 valence electrons. The average molecular weight is 242 g/mol. The summed E-state index contributed by atoms with van der Waals surface area (Å²) >= 11 is 3.15. The minimum atomic E-state index is -0.496. The number of carbonyl (C=O) groups excluding carboxylic acids is 1. The van der Waals surface area contributed by atoms with Gasteiger partial charge in [-0.1, -0.05) is 6.07 Å². The maximum absolute atomic E-state index is 10.4. The summed E-state index contributed by atoms with van der Waals surface area (Å²) in [6.07, 6.45) is 2.84. The zero-order chi connectivity index (χ0) is 9.84. The van der Waals surface area contributed by atoms with Crippen LogP contribution in [0, 0.1) is 0 Å². The summed E-state index contributed by atoms with van der Waals surface area (Å²) in [6, 6.07) is 4.90. The van der Waals surface area contributed by atoms with Crippen LogP contribution >= 0.6 is 15.9 Å². The first kappa shape index (κ1) is 9.80. The third kappa shape index (κ3) is 2.91. The first-order valence-corrected chi connectivity index (χ1v) is 4.35. The zero-order valence-corrected chi connectivity index (χ0v) is 8.28. The topological polar surface area (TPSA) is 63.3 Å². The second-order valence-electron chi connectivity index (χ2n) is 2.45. The molecule has 0 heterocycles. The van der Waals surface area contributed by atoms with E-state index >= 15 is 0 Å². The number of phenolic OH excluding ortho intramolecular Hbond substituents is 1. The molecule has 0 atom stereocenters. The van der Waals surface area contributed by atoms with E-state index in [4.69, 9.17) is 10.8 Å². The van der Waals surface area contributed by atoms with Crippen LogP contribution in [-0.2, 0) is 4.79 Å². The summed E-state index contributed by atoms with van der Waals surface area (Å²) in [5, 5.41) is 9.16. The van der Waals surface area contributed by atoms with Gasteiger partial charge < -0.3 is 10.8 Å². The molecule has 3 nitrogen and oxygen atoms in total. The van der Waals surface area contributed by atoms with Gasteiger partial charge in [-0.15, -0.1) is 0 Å². The van der Waals surface area contributed by atoms with Crippen molar-refractivity contribution in [2.24, 2.45) is 5.73 Å². The van der Waals surface area contributed by atoms with Crippen molar-refractivity contribution >= 4 is 27.9 Å². The molecule has 0 unspecified atom stereocenters. The highest BCUT2D eigenvalue weighted by Crippen LogP contribution is 2.24. The van der Waals surface area contributed by atoms with Crippen molar-refractivity contribution in [3.63, 3.8) is 0 Å². The summed E-state index contributed by atoms with van der Waals surface area (Å²) in [4.78, 5) is 10.4. The number of phenols is 1. The molecular formula is C9H8BrNO2. The predicted molar refractivity (Wildman–Crippen MR) is 54.0 cm³/mol. The lowest BCUT2D eigenvalue weighted by molar-refractivity contribution is -0.113. The first-order valence-electron chi connectivity index (χ1n) is 3.55. The fraction of sp³-hybridized carbons (Fsp3) is 0. The van der Waals surface area contributed by atoms with Crippen molar-refractivity contribution in [3.8, 4) is 5.75 Å². The molecule has 0 aliphatic heterocycles. The van der Waals surface area contributed by atoms with Crippen molar-refractivity contribution in [3.05, 3.63) is 34.3 Å². The van der Waals surface area contributed by atoms with Gasteiger partial charge in [-0.2, -0.15) is 0 Å². The summed E-state index contributed by atoms with van der Waals surface area (Å²) < 4.78 is 0.583. The molecule has 3 N–H and O–H groups in total. The van der Waals surface area contributed by atoms with Gasteiger partial charge in [0.1, 0.15) is 5.75 Å². The second kappa shape index (κ2) is 4.09. The van der Waals surface area contributed by atoms with Crippen molar-refractivity contribution < 1.29 is 9.90 Å². The number of hydrogen-bond acceptors (Lipinski definition) is 2. The Morgan fingerprint density at radius 1 is 1.54 bits per heavy atom. The van der Waals surface area contributed by atoms with E-state index in [-0.39, 0.29) is 5.75 Å². The molecule has 1 aromatic carbocycles. The summed E-state index contributed by atoms with van der Waals surface area (Å²) in [5.74, 6) is -0.333. The van der Waals surface area contributed by atoms with Gasteiger partial charge in [0.05, 0.1) is 4.47 Å². The Hall–Kier alpha value is -1.29. The van der Waals surface area contributed by atoms with Crippen LogP contribution in [0.25, 0.3) is 6.08 Å². The first-order chi connectivity index (χ1) is 6.09. The fourth-order valence-corrected chi connectivity index (χ4v) is 1.20. The Kier molecular flexibility index (Phi) is 3.08. The van der Waals surface area contributed by atoms with Gasteiger partial charge in [0.2, 0.25) is 5.91 Å². The van der Waals surface area contributed by atoms with E-state index in [0.29, 0.717) is 4.47 Å². The van der Waals surface area contributed by atoms with Gasteiger partial charge in [0.25, 0.3) is 0 Å². The smallest absolute Gasteiger partial charge is 0.241 e. The van der Waals surface area contributed by atoms with Gasteiger partial charge in [-0.3, -0.25) is 4.79 Å². The molecule has 4 heteroatoms. The third-order valence-corrected chi connectivity index (χ3v) is 2.05. The maximum atomic E-state index is 10.4. The van der Waals surface area contributed by atoms with Crippen LogP contribution in [0.2, 0.25) is 0 Å². The van der Waals surface area contributed by atoms with Crippen molar-refractivity contribution in [2.45, 2.75) is 0 Å². The molecule has 13 heavy (non-hydrogen) atoms. The molecule has 0 fully saturated rings. The van der Waals surface area contributed by atoms with Gasteiger partial charge >= 0.3 is 0 Å².